The molecular weight excluding hydrogens is 606 g/mol. The number of rotatable bonds is 6. The van der Waals surface area contributed by atoms with Crippen LogP contribution in [0.15, 0.2) is 36.5 Å². The van der Waals surface area contributed by atoms with Crippen LogP contribution >= 0.6 is 11.6 Å². The van der Waals surface area contributed by atoms with Gasteiger partial charge in [-0.3, -0.25) is 4.98 Å². The van der Waals surface area contributed by atoms with E-state index in [2.05, 4.69) is 21.0 Å². The van der Waals surface area contributed by atoms with Gasteiger partial charge in [0.2, 0.25) is 0 Å². The summed E-state index contributed by atoms with van der Waals surface area (Å²) >= 11 is 6.35. The number of nitrogens with zero attached hydrogens (tertiary/aromatic N) is 6. The maximum absolute atomic E-state index is 16.5. The summed E-state index contributed by atoms with van der Waals surface area (Å²) in [7, 11) is 0. The number of pyridine rings is 1. The number of hydrogen-bond donors (Lipinski definition) is 0. The van der Waals surface area contributed by atoms with Crippen molar-refractivity contribution in [2.24, 2.45) is 5.92 Å². The minimum Gasteiger partial charge on any atom is -0.463 e. The van der Waals surface area contributed by atoms with E-state index >= 15 is 4.39 Å². The van der Waals surface area contributed by atoms with Crippen LogP contribution in [0.3, 0.4) is 0 Å². The van der Waals surface area contributed by atoms with Crippen LogP contribution in [0, 0.1) is 28.9 Å². The first-order valence-electron chi connectivity index (χ1n) is 14.6. The Balaban J connectivity index is 1.43. The molecule has 2 aliphatic heterocycles. The molecule has 0 aliphatic carbocycles. The molecule has 2 aromatic carbocycles. The second kappa shape index (κ2) is 12.2. The normalized spacial score (nSPS) is 17.3. The van der Waals surface area contributed by atoms with Crippen molar-refractivity contribution >= 4 is 45.2 Å². The molecule has 0 unspecified atom stereocenters. The first kappa shape index (κ1) is 30.7. The van der Waals surface area contributed by atoms with E-state index in [4.69, 9.17) is 25.8 Å². The molecule has 0 N–H and O–H groups in total. The highest BCUT2D eigenvalue weighted by Crippen LogP contribution is 2.38. The number of ether oxygens (including phenoxy) is 3. The molecule has 2 aromatic heterocycles. The third-order valence-electron chi connectivity index (χ3n) is 7.73. The number of amides is 1. The summed E-state index contributed by atoms with van der Waals surface area (Å²) in [6, 6.07) is 9.55. The second-order valence-corrected chi connectivity index (χ2v) is 12.5. The van der Waals surface area contributed by atoms with Crippen molar-refractivity contribution in [3.63, 3.8) is 0 Å². The average molecular weight is 637 g/mol. The Morgan fingerprint density at radius 1 is 1.18 bits per heavy atom. The maximum Gasteiger partial charge on any atom is 0.410 e. The van der Waals surface area contributed by atoms with Crippen molar-refractivity contribution in [3.8, 4) is 23.3 Å². The molecule has 2 saturated heterocycles. The third-order valence-corrected chi connectivity index (χ3v) is 8.10. The molecule has 1 amide bonds. The Bertz CT molecular complexity index is 1820. The highest BCUT2D eigenvalue weighted by molar-refractivity contribution is 6.36. The molecule has 2 aliphatic rings. The Hall–Kier alpha value is -4.34. The van der Waals surface area contributed by atoms with E-state index in [9.17, 15) is 14.4 Å². The zero-order valence-corrected chi connectivity index (χ0v) is 25.8. The van der Waals surface area contributed by atoms with Gasteiger partial charge in [0.25, 0.3) is 0 Å². The van der Waals surface area contributed by atoms with E-state index in [-0.39, 0.29) is 54.3 Å². The topological polar surface area (TPSA) is 114 Å². The number of nitriles is 1. The Kier molecular flexibility index (Phi) is 8.33. The first-order valence-corrected chi connectivity index (χ1v) is 15.0. The molecule has 6 rings (SSSR count). The van der Waals surface area contributed by atoms with Gasteiger partial charge in [-0.15, -0.1) is 0 Å². The van der Waals surface area contributed by atoms with Crippen LogP contribution in [0.2, 0.25) is 5.02 Å². The summed E-state index contributed by atoms with van der Waals surface area (Å²) in [4.78, 5) is 30.0. The van der Waals surface area contributed by atoms with Crippen molar-refractivity contribution in [3.05, 3.63) is 53.2 Å². The van der Waals surface area contributed by atoms with Crippen molar-refractivity contribution in [1.29, 1.82) is 5.26 Å². The summed E-state index contributed by atoms with van der Waals surface area (Å²) in [6.45, 7) is 7.52. The van der Waals surface area contributed by atoms with E-state index in [0.717, 1.165) is 0 Å². The number of aromatic nitrogens is 3. The number of anilines is 1. The van der Waals surface area contributed by atoms with E-state index in [1.165, 1.54) is 12.3 Å². The summed E-state index contributed by atoms with van der Waals surface area (Å²) in [6.07, 6.45) is 1.01. The lowest BCUT2D eigenvalue weighted by Gasteiger charge is -2.41. The van der Waals surface area contributed by atoms with E-state index in [1.807, 2.05) is 4.90 Å². The number of fused-ring (bicyclic) bond motifs is 2. The van der Waals surface area contributed by atoms with E-state index in [1.54, 1.807) is 49.9 Å². The standard InChI is InChI=1S/C32H31ClF2N6O4/c1-32(2,3)45-31(42)41-12-11-40(14-20(41)9-10-36)29-22-13-37-27(21-6-4-5-19-7-8-23(34)25(33)24(19)21)26(35)28(22)38-30(39-29)44-17-18-15-43-16-18/h4-8,13,18,20H,9,11-12,14-17H2,1-3H3/t20-/m0/s1. The Morgan fingerprint density at radius 2 is 1.98 bits per heavy atom. The molecule has 2 fully saturated rings. The summed E-state index contributed by atoms with van der Waals surface area (Å²) in [5.74, 6) is -0.861. The van der Waals surface area contributed by atoms with Crippen LogP contribution in [0.4, 0.5) is 19.4 Å². The highest BCUT2D eigenvalue weighted by atomic mass is 35.5. The van der Waals surface area contributed by atoms with Gasteiger partial charge in [0.1, 0.15) is 28.4 Å². The molecular formula is C32H31ClF2N6O4. The number of piperazine rings is 1. The molecule has 234 valence electrons. The van der Waals surface area contributed by atoms with Crippen LogP contribution in [-0.2, 0) is 9.47 Å². The zero-order chi connectivity index (χ0) is 31.9. The lowest BCUT2D eigenvalue weighted by atomic mass is 10.0. The molecule has 0 spiro atoms. The molecule has 4 aromatic rings. The SMILES string of the molecule is CC(C)(C)OC(=O)N1CCN(c2nc(OCC3COC3)nc3c(F)c(-c4cccc5ccc(F)c(Cl)c45)ncc23)C[C@@H]1CC#N. The van der Waals surface area contributed by atoms with Gasteiger partial charge in [-0.25, -0.2) is 13.6 Å². The minimum absolute atomic E-state index is 0.0335. The largest absolute Gasteiger partial charge is 0.463 e. The molecule has 45 heavy (non-hydrogen) atoms. The molecule has 10 nitrogen and oxygen atoms in total. The molecule has 13 heteroatoms. The third kappa shape index (κ3) is 6.15. The van der Waals surface area contributed by atoms with Crippen LogP contribution in [0.5, 0.6) is 6.01 Å². The first-order chi connectivity index (χ1) is 21.5. The number of carbonyl (C=O) groups is 1. The van der Waals surface area contributed by atoms with Gasteiger partial charge in [0.05, 0.1) is 48.8 Å². The van der Waals surface area contributed by atoms with Crippen LogP contribution in [0.25, 0.3) is 32.9 Å². The van der Waals surface area contributed by atoms with Gasteiger partial charge in [-0.1, -0.05) is 35.9 Å². The fourth-order valence-electron chi connectivity index (χ4n) is 5.48. The highest BCUT2D eigenvalue weighted by Gasteiger charge is 2.35. The second-order valence-electron chi connectivity index (χ2n) is 12.1. The summed E-state index contributed by atoms with van der Waals surface area (Å²) in [5.41, 5.74) is -0.486. The van der Waals surface area contributed by atoms with Gasteiger partial charge in [0.15, 0.2) is 5.82 Å². The van der Waals surface area contributed by atoms with Crippen LogP contribution in [-0.4, -0.2) is 77.0 Å². The predicted octanol–water partition coefficient (Wildman–Crippen LogP) is 6.14. The van der Waals surface area contributed by atoms with Gasteiger partial charge in [0, 0.05) is 42.7 Å². The minimum atomic E-state index is -0.748. The fraction of sp³-hybridized carbons (Fsp3) is 0.406. The predicted molar refractivity (Wildman–Crippen MR) is 164 cm³/mol. The van der Waals surface area contributed by atoms with E-state index in [0.29, 0.717) is 47.3 Å². The molecule has 4 heterocycles. The number of carbonyl (C=O) groups excluding carboxylic acids is 1. The molecule has 0 saturated carbocycles. The maximum atomic E-state index is 16.5. The Morgan fingerprint density at radius 3 is 2.69 bits per heavy atom. The summed E-state index contributed by atoms with van der Waals surface area (Å²) < 4.78 is 47.8. The molecule has 0 bridgehead atoms. The van der Waals surface area contributed by atoms with Crippen molar-refractivity contribution in [2.75, 3.05) is 44.4 Å². The summed E-state index contributed by atoms with van der Waals surface area (Å²) in [5, 5.41) is 10.7. The van der Waals surface area contributed by atoms with Gasteiger partial charge < -0.3 is 24.0 Å². The fourth-order valence-corrected chi connectivity index (χ4v) is 5.76. The quantitative estimate of drug-likeness (QED) is 0.246. The van der Waals surface area contributed by atoms with Gasteiger partial charge in [-0.05, 0) is 32.2 Å². The lowest BCUT2D eigenvalue weighted by molar-refractivity contribution is -0.0520. The smallest absolute Gasteiger partial charge is 0.410 e. The molecule has 0 radical (unpaired) electrons. The number of halogens is 3. The average Bonchev–Trinajstić information content (AvgIpc) is 2.97. The van der Waals surface area contributed by atoms with Crippen LogP contribution in [0.1, 0.15) is 27.2 Å². The lowest BCUT2D eigenvalue weighted by Crippen LogP contribution is -2.56. The Labute approximate surface area is 263 Å². The van der Waals surface area contributed by atoms with Crippen molar-refractivity contribution in [2.45, 2.75) is 38.8 Å². The monoisotopic (exact) mass is 636 g/mol. The number of hydrogen-bond acceptors (Lipinski definition) is 9. The van der Waals surface area contributed by atoms with Crippen LogP contribution < -0.4 is 9.64 Å². The van der Waals surface area contributed by atoms with Crippen molar-refractivity contribution in [1.82, 2.24) is 19.9 Å². The zero-order valence-electron chi connectivity index (χ0n) is 25.0. The molecule has 1 atom stereocenters. The number of benzene rings is 2. The van der Waals surface area contributed by atoms with Crippen molar-refractivity contribution < 1.29 is 27.8 Å². The van der Waals surface area contributed by atoms with Gasteiger partial charge in [-0.2, -0.15) is 15.2 Å². The van der Waals surface area contributed by atoms with E-state index < -0.39 is 29.4 Å². The van der Waals surface area contributed by atoms with Gasteiger partial charge >= 0.3 is 12.1 Å².